The van der Waals surface area contributed by atoms with Crippen LogP contribution in [-0.2, 0) is 4.79 Å². The van der Waals surface area contributed by atoms with E-state index in [-0.39, 0.29) is 16.5 Å². The molecule has 6 heteroatoms. The van der Waals surface area contributed by atoms with Gasteiger partial charge in [-0.3, -0.25) is 15.1 Å². The van der Waals surface area contributed by atoms with E-state index in [1.165, 1.54) is 12.1 Å². The van der Waals surface area contributed by atoms with Crippen molar-refractivity contribution in [2.45, 2.75) is 19.4 Å². The van der Waals surface area contributed by atoms with Crippen molar-refractivity contribution in [3.8, 4) is 0 Å². The molecule has 1 heterocycles. The number of guanidine groups is 1. The molecular weight excluding hydrogens is 257 g/mol. The molecule has 1 fully saturated rings. The largest absolute Gasteiger partial charge is 0.340 e. The number of amides is 1. The maximum absolute atomic E-state index is 13.7. The molecule has 1 aliphatic rings. The van der Waals surface area contributed by atoms with Gasteiger partial charge in [-0.25, -0.2) is 4.39 Å². The number of hydrogen-bond donors (Lipinski definition) is 2. The molecule has 1 unspecified atom stereocenters. The summed E-state index contributed by atoms with van der Waals surface area (Å²) in [7, 11) is 0. The minimum atomic E-state index is -0.825. The van der Waals surface area contributed by atoms with Gasteiger partial charge in [-0.15, -0.1) is 0 Å². The summed E-state index contributed by atoms with van der Waals surface area (Å²) in [6, 6.07) is 3.50. The van der Waals surface area contributed by atoms with Gasteiger partial charge < -0.3 is 5.32 Å². The summed E-state index contributed by atoms with van der Waals surface area (Å²) < 4.78 is 13.7. The van der Waals surface area contributed by atoms with Crippen LogP contribution < -0.4 is 10.6 Å². The first kappa shape index (κ1) is 12.8. The summed E-state index contributed by atoms with van der Waals surface area (Å²) in [5, 5.41) is 5.63. The number of hydrogen-bond acceptors (Lipinski definition) is 2. The zero-order valence-electron chi connectivity index (χ0n) is 9.84. The monoisotopic (exact) mass is 269 g/mol. The molecule has 0 aromatic heterocycles. The van der Waals surface area contributed by atoms with E-state index >= 15 is 0 Å². The first-order valence-corrected chi connectivity index (χ1v) is 6.07. The average Bonchev–Trinajstić information content (AvgIpc) is 2.68. The van der Waals surface area contributed by atoms with Crippen LogP contribution in [0.2, 0.25) is 5.02 Å². The zero-order valence-corrected chi connectivity index (χ0v) is 10.6. The first-order valence-electron chi connectivity index (χ1n) is 5.69. The maximum Gasteiger partial charge on any atom is 0.254 e. The van der Waals surface area contributed by atoms with Crippen LogP contribution in [0, 0.1) is 5.82 Å². The lowest BCUT2D eigenvalue weighted by Crippen LogP contribution is -2.25. The fourth-order valence-electron chi connectivity index (χ4n) is 1.73. The fourth-order valence-corrected chi connectivity index (χ4v) is 2.00. The topological polar surface area (TPSA) is 53.5 Å². The lowest BCUT2D eigenvalue weighted by Gasteiger charge is -2.11. The van der Waals surface area contributed by atoms with Crippen LogP contribution in [0.1, 0.15) is 24.9 Å². The van der Waals surface area contributed by atoms with E-state index in [1.54, 1.807) is 6.07 Å². The first-order chi connectivity index (χ1) is 8.63. The average molecular weight is 270 g/mol. The van der Waals surface area contributed by atoms with Gasteiger partial charge in [0.05, 0.1) is 0 Å². The molecular formula is C12H13ClFN3O. The minimum absolute atomic E-state index is 0.151. The van der Waals surface area contributed by atoms with Crippen molar-refractivity contribution in [3.63, 3.8) is 0 Å². The smallest absolute Gasteiger partial charge is 0.254 e. The highest BCUT2D eigenvalue weighted by Crippen LogP contribution is 2.27. The van der Waals surface area contributed by atoms with E-state index in [1.807, 2.05) is 6.92 Å². The van der Waals surface area contributed by atoms with Gasteiger partial charge in [-0.1, -0.05) is 24.6 Å². The Bertz CT molecular complexity index is 484. The van der Waals surface area contributed by atoms with Gasteiger partial charge in [0.25, 0.3) is 5.91 Å². The summed E-state index contributed by atoms with van der Waals surface area (Å²) >= 11 is 5.93. The van der Waals surface area contributed by atoms with Crippen LogP contribution in [-0.4, -0.2) is 18.4 Å². The Labute approximate surface area is 109 Å². The van der Waals surface area contributed by atoms with Crippen LogP contribution in [0.5, 0.6) is 0 Å². The predicted octanol–water partition coefficient (Wildman–Crippen LogP) is 2.01. The molecule has 1 amide bonds. The highest BCUT2D eigenvalue weighted by Gasteiger charge is 2.33. The Morgan fingerprint density at radius 2 is 2.28 bits per heavy atom. The summed E-state index contributed by atoms with van der Waals surface area (Å²) in [6.45, 7) is 2.58. The van der Waals surface area contributed by atoms with Gasteiger partial charge in [0.2, 0.25) is 0 Å². The van der Waals surface area contributed by atoms with Crippen molar-refractivity contribution in [2.24, 2.45) is 4.99 Å². The Morgan fingerprint density at radius 3 is 2.94 bits per heavy atom. The molecule has 0 saturated carbocycles. The van der Waals surface area contributed by atoms with Crippen molar-refractivity contribution >= 4 is 23.5 Å². The normalized spacial score (nSPS) is 20.9. The number of carbonyl (C=O) groups excluding carboxylic acids is 1. The van der Waals surface area contributed by atoms with E-state index in [0.29, 0.717) is 12.5 Å². The molecule has 18 heavy (non-hydrogen) atoms. The van der Waals surface area contributed by atoms with E-state index in [4.69, 9.17) is 11.6 Å². The van der Waals surface area contributed by atoms with Gasteiger partial charge in [0.15, 0.2) is 5.96 Å². The predicted molar refractivity (Wildman–Crippen MR) is 68.0 cm³/mol. The lowest BCUT2D eigenvalue weighted by molar-refractivity contribution is -0.120. The molecule has 96 valence electrons. The van der Waals surface area contributed by atoms with Crippen LogP contribution >= 0.6 is 11.6 Å². The summed E-state index contributed by atoms with van der Waals surface area (Å²) in [5.41, 5.74) is 0.151. The number of rotatable bonds is 3. The standard InChI is InChI=1S/C12H13ClFN3O/c1-2-6-15-12-16-10(11(18)17-12)9-7(13)4-3-5-8(9)14/h3-5,10H,2,6H2,1H3,(H2,15,16,17,18). The summed E-state index contributed by atoms with van der Waals surface area (Å²) in [6.07, 6.45) is 0.867. The van der Waals surface area contributed by atoms with Crippen molar-refractivity contribution in [1.29, 1.82) is 0 Å². The van der Waals surface area contributed by atoms with E-state index in [2.05, 4.69) is 15.6 Å². The maximum atomic E-state index is 13.7. The lowest BCUT2D eigenvalue weighted by atomic mass is 10.1. The number of halogens is 2. The molecule has 1 aromatic rings. The van der Waals surface area contributed by atoms with Crippen molar-refractivity contribution < 1.29 is 9.18 Å². The van der Waals surface area contributed by atoms with Crippen LogP contribution in [0.15, 0.2) is 23.2 Å². The molecule has 1 saturated heterocycles. The van der Waals surface area contributed by atoms with E-state index in [0.717, 1.165) is 6.42 Å². The van der Waals surface area contributed by atoms with Gasteiger partial charge >= 0.3 is 0 Å². The van der Waals surface area contributed by atoms with Gasteiger partial charge in [0.1, 0.15) is 11.9 Å². The van der Waals surface area contributed by atoms with Gasteiger partial charge in [-0.2, -0.15) is 0 Å². The summed E-state index contributed by atoms with van der Waals surface area (Å²) in [4.78, 5) is 15.9. The van der Waals surface area contributed by atoms with Crippen LogP contribution in [0.3, 0.4) is 0 Å². The van der Waals surface area contributed by atoms with Gasteiger partial charge in [0, 0.05) is 17.1 Å². The number of benzene rings is 1. The molecule has 0 aliphatic carbocycles. The molecule has 4 nitrogen and oxygen atoms in total. The van der Waals surface area contributed by atoms with E-state index < -0.39 is 11.9 Å². The number of nitrogens with one attached hydrogen (secondary N) is 2. The molecule has 0 spiro atoms. The van der Waals surface area contributed by atoms with Gasteiger partial charge in [-0.05, 0) is 18.6 Å². The molecule has 2 N–H and O–H groups in total. The third-order valence-electron chi connectivity index (χ3n) is 2.57. The number of nitrogens with zero attached hydrogens (tertiary/aromatic N) is 1. The Balaban J connectivity index is 2.27. The van der Waals surface area contributed by atoms with Crippen molar-refractivity contribution in [2.75, 3.05) is 6.54 Å². The Kier molecular flexibility index (Phi) is 3.81. The second-order valence-electron chi connectivity index (χ2n) is 3.93. The molecule has 0 radical (unpaired) electrons. The Hall–Kier alpha value is -1.62. The van der Waals surface area contributed by atoms with Crippen molar-refractivity contribution in [3.05, 3.63) is 34.6 Å². The SMILES string of the molecule is CCCN=C1NC(=O)C(c2c(F)cccc2Cl)N1. The quantitative estimate of drug-likeness (QED) is 0.882. The molecule has 1 aromatic carbocycles. The summed E-state index contributed by atoms with van der Waals surface area (Å²) in [5.74, 6) is -0.491. The third kappa shape index (κ3) is 2.46. The second-order valence-corrected chi connectivity index (χ2v) is 4.34. The van der Waals surface area contributed by atoms with E-state index in [9.17, 15) is 9.18 Å². The van der Waals surface area contributed by atoms with Crippen LogP contribution in [0.4, 0.5) is 4.39 Å². The fraction of sp³-hybridized carbons (Fsp3) is 0.333. The van der Waals surface area contributed by atoms with Crippen LogP contribution in [0.25, 0.3) is 0 Å². The number of carbonyl (C=O) groups is 1. The third-order valence-corrected chi connectivity index (χ3v) is 2.90. The molecule has 0 bridgehead atoms. The molecule has 2 rings (SSSR count). The minimum Gasteiger partial charge on any atom is -0.340 e. The highest BCUT2D eigenvalue weighted by atomic mass is 35.5. The number of aliphatic imine (C=N–C) groups is 1. The molecule has 1 atom stereocenters. The Morgan fingerprint density at radius 1 is 1.50 bits per heavy atom. The zero-order chi connectivity index (χ0) is 13.1. The molecule has 1 aliphatic heterocycles. The highest BCUT2D eigenvalue weighted by molar-refractivity contribution is 6.31. The second kappa shape index (κ2) is 5.35. The van der Waals surface area contributed by atoms with Crippen molar-refractivity contribution in [1.82, 2.24) is 10.6 Å².